The standard InChI is InChI=1S/C17H18N2O3/c1-11-7-4-5-8-12(11)16-18-17(22-19-16)13-9-6-10-14(20-2)15(13)21-3/h4-10,17H,1-3H3,(H,18,19)/t17-/m0/s1. The predicted octanol–water partition coefficient (Wildman–Crippen LogP) is 2.99. The maximum atomic E-state index is 5.61. The molecule has 0 spiro atoms. The third-order valence-electron chi connectivity index (χ3n) is 3.61. The maximum absolute atomic E-state index is 5.61. The van der Waals surface area contributed by atoms with E-state index < -0.39 is 6.23 Å². The van der Waals surface area contributed by atoms with Crippen molar-refractivity contribution in [1.29, 1.82) is 0 Å². The van der Waals surface area contributed by atoms with Gasteiger partial charge in [0.1, 0.15) is 0 Å². The van der Waals surface area contributed by atoms with Crippen LogP contribution in [0.25, 0.3) is 0 Å². The van der Waals surface area contributed by atoms with E-state index in [0.29, 0.717) is 17.3 Å². The van der Waals surface area contributed by atoms with E-state index in [4.69, 9.17) is 14.3 Å². The average Bonchev–Trinajstić information content (AvgIpc) is 3.04. The molecule has 0 aliphatic carbocycles. The summed E-state index contributed by atoms with van der Waals surface area (Å²) in [5, 5.41) is 0. The van der Waals surface area contributed by atoms with Crippen molar-refractivity contribution in [3.05, 3.63) is 59.2 Å². The molecule has 0 fully saturated rings. The maximum Gasteiger partial charge on any atom is 0.206 e. The molecular weight excluding hydrogens is 280 g/mol. The molecule has 2 aromatic rings. The molecule has 3 rings (SSSR count). The lowest BCUT2D eigenvalue weighted by molar-refractivity contribution is 0.0360. The van der Waals surface area contributed by atoms with Gasteiger partial charge in [-0.3, -0.25) is 0 Å². The molecular formula is C17H18N2O3. The van der Waals surface area contributed by atoms with Crippen molar-refractivity contribution < 1.29 is 14.3 Å². The zero-order valence-electron chi connectivity index (χ0n) is 12.8. The highest BCUT2D eigenvalue weighted by Gasteiger charge is 2.26. The Morgan fingerprint density at radius 1 is 1.05 bits per heavy atom. The lowest BCUT2D eigenvalue weighted by Crippen LogP contribution is -2.19. The van der Waals surface area contributed by atoms with Crippen LogP contribution in [0.1, 0.15) is 22.9 Å². The van der Waals surface area contributed by atoms with Crippen molar-refractivity contribution in [3.8, 4) is 11.5 Å². The first-order valence-corrected chi connectivity index (χ1v) is 7.01. The molecule has 2 aromatic carbocycles. The minimum absolute atomic E-state index is 0.473. The molecule has 1 aliphatic rings. The molecule has 5 nitrogen and oxygen atoms in total. The molecule has 0 saturated carbocycles. The van der Waals surface area contributed by atoms with E-state index in [2.05, 4.69) is 10.5 Å². The first kappa shape index (κ1) is 14.4. The highest BCUT2D eigenvalue weighted by molar-refractivity contribution is 6.00. The molecule has 114 valence electrons. The van der Waals surface area contributed by atoms with Crippen LogP contribution in [0.5, 0.6) is 11.5 Å². The molecule has 0 unspecified atom stereocenters. The van der Waals surface area contributed by atoms with Gasteiger partial charge in [-0.2, -0.15) is 0 Å². The van der Waals surface area contributed by atoms with Crippen molar-refractivity contribution in [2.24, 2.45) is 4.99 Å². The summed E-state index contributed by atoms with van der Waals surface area (Å²) in [6.07, 6.45) is -0.473. The average molecular weight is 298 g/mol. The molecule has 0 amide bonds. The largest absolute Gasteiger partial charge is 0.493 e. The van der Waals surface area contributed by atoms with Crippen LogP contribution in [0.3, 0.4) is 0 Å². The van der Waals surface area contributed by atoms with Crippen molar-refractivity contribution in [2.45, 2.75) is 13.2 Å². The van der Waals surface area contributed by atoms with Crippen molar-refractivity contribution in [2.75, 3.05) is 14.2 Å². The first-order valence-electron chi connectivity index (χ1n) is 7.01. The number of aryl methyl sites for hydroxylation is 1. The highest BCUT2D eigenvalue weighted by atomic mass is 16.7. The molecule has 1 N–H and O–H groups in total. The number of methoxy groups -OCH3 is 2. The van der Waals surface area contributed by atoms with Crippen molar-refractivity contribution >= 4 is 5.84 Å². The molecule has 0 aromatic heterocycles. The van der Waals surface area contributed by atoms with Gasteiger partial charge in [0.2, 0.25) is 6.23 Å². The number of amidine groups is 1. The zero-order chi connectivity index (χ0) is 15.5. The zero-order valence-corrected chi connectivity index (χ0v) is 12.8. The minimum Gasteiger partial charge on any atom is -0.493 e. The third-order valence-corrected chi connectivity index (χ3v) is 3.61. The number of benzene rings is 2. The molecule has 5 heteroatoms. The summed E-state index contributed by atoms with van der Waals surface area (Å²) >= 11 is 0. The van der Waals surface area contributed by atoms with Gasteiger partial charge in [0.05, 0.1) is 19.8 Å². The van der Waals surface area contributed by atoms with E-state index in [1.807, 2.05) is 49.4 Å². The van der Waals surface area contributed by atoms with Crippen LogP contribution in [0.4, 0.5) is 0 Å². The number of rotatable bonds is 4. The van der Waals surface area contributed by atoms with Crippen molar-refractivity contribution in [3.63, 3.8) is 0 Å². The number of nitrogens with one attached hydrogen (secondary N) is 1. The first-order chi connectivity index (χ1) is 10.7. The third kappa shape index (κ3) is 2.51. The molecule has 1 atom stereocenters. The number of hydrogen-bond donors (Lipinski definition) is 1. The Kier molecular flexibility index (Phi) is 3.98. The van der Waals surface area contributed by atoms with Crippen LogP contribution in [-0.4, -0.2) is 20.1 Å². The second kappa shape index (κ2) is 6.07. The van der Waals surface area contributed by atoms with Gasteiger partial charge in [-0.05, 0) is 18.6 Å². The highest BCUT2D eigenvalue weighted by Crippen LogP contribution is 2.37. The van der Waals surface area contributed by atoms with Crippen LogP contribution >= 0.6 is 0 Å². The summed E-state index contributed by atoms with van der Waals surface area (Å²) in [5.74, 6) is 2.00. The number of aliphatic imine (C=N–C) groups is 1. The van der Waals surface area contributed by atoms with Gasteiger partial charge in [-0.25, -0.2) is 15.3 Å². The van der Waals surface area contributed by atoms with Crippen LogP contribution in [0.15, 0.2) is 47.5 Å². The number of nitrogens with zero attached hydrogens (tertiary/aromatic N) is 1. The fraction of sp³-hybridized carbons (Fsp3) is 0.235. The fourth-order valence-corrected chi connectivity index (χ4v) is 2.48. The van der Waals surface area contributed by atoms with E-state index in [9.17, 15) is 0 Å². The molecule has 1 aliphatic heterocycles. The molecule has 0 radical (unpaired) electrons. The van der Waals surface area contributed by atoms with E-state index in [0.717, 1.165) is 16.7 Å². The van der Waals surface area contributed by atoms with Gasteiger partial charge in [-0.15, -0.1) is 0 Å². The summed E-state index contributed by atoms with van der Waals surface area (Å²) in [6, 6.07) is 13.7. The van der Waals surface area contributed by atoms with Gasteiger partial charge in [0, 0.05) is 5.56 Å². The normalized spacial score (nSPS) is 16.9. The van der Waals surface area contributed by atoms with Gasteiger partial charge >= 0.3 is 0 Å². The van der Waals surface area contributed by atoms with Crippen molar-refractivity contribution in [1.82, 2.24) is 5.48 Å². The Labute approximate surface area is 129 Å². The summed E-state index contributed by atoms with van der Waals surface area (Å²) in [5.41, 5.74) is 5.88. The van der Waals surface area contributed by atoms with Gasteiger partial charge in [0.25, 0.3) is 0 Å². The quantitative estimate of drug-likeness (QED) is 0.943. The number of ether oxygens (including phenoxy) is 2. The van der Waals surface area contributed by atoms with E-state index in [-0.39, 0.29) is 0 Å². The van der Waals surface area contributed by atoms with Crippen LogP contribution in [-0.2, 0) is 4.84 Å². The molecule has 1 heterocycles. The summed E-state index contributed by atoms with van der Waals surface area (Å²) in [4.78, 5) is 10.2. The minimum atomic E-state index is -0.473. The SMILES string of the molecule is COc1cccc([C@H]2N=C(c3ccccc3C)NO2)c1OC. The Bertz CT molecular complexity index is 713. The lowest BCUT2D eigenvalue weighted by Gasteiger charge is -2.14. The predicted molar refractivity (Wildman–Crippen MR) is 84.2 cm³/mol. The Morgan fingerprint density at radius 3 is 2.59 bits per heavy atom. The fourth-order valence-electron chi connectivity index (χ4n) is 2.48. The van der Waals surface area contributed by atoms with Crippen LogP contribution in [0, 0.1) is 6.92 Å². The van der Waals surface area contributed by atoms with Gasteiger partial charge in [-0.1, -0.05) is 36.4 Å². The topological polar surface area (TPSA) is 52.1 Å². The second-order valence-corrected chi connectivity index (χ2v) is 4.95. The van der Waals surface area contributed by atoms with Crippen LogP contribution < -0.4 is 15.0 Å². The van der Waals surface area contributed by atoms with E-state index >= 15 is 0 Å². The molecule has 0 saturated heterocycles. The monoisotopic (exact) mass is 298 g/mol. The van der Waals surface area contributed by atoms with Gasteiger partial charge < -0.3 is 9.47 Å². The van der Waals surface area contributed by atoms with E-state index in [1.54, 1.807) is 14.2 Å². The Balaban J connectivity index is 1.97. The summed E-state index contributed by atoms with van der Waals surface area (Å²) in [7, 11) is 3.22. The number of hydrogen-bond acceptors (Lipinski definition) is 5. The molecule has 0 bridgehead atoms. The lowest BCUT2D eigenvalue weighted by atomic mass is 10.1. The Hall–Kier alpha value is -2.53. The van der Waals surface area contributed by atoms with Crippen LogP contribution in [0.2, 0.25) is 0 Å². The summed E-state index contributed by atoms with van der Waals surface area (Å²) in [6.45, 7) is 2.04. The molecule has 22 heavy (non-hydrogen) atoms. The smallest absolute Gasteiger partial charge is 0.206 e. The van der Waals surface area contributed by atoms with E-state index in [1.165, 1.54) is 0 Å². The van der Waals surface area contributed by atoms with Gasteiger partial charge in [0.15, 0.2) is 17.3 Å². The number of hydroxylamine groups is 1. The number of para-hydroxylation sites is 1. The second-order valence-electron chi connectivity index (χ2n) is 4.95. The Morgan fingerprint density at radius 2 is 1.86 bits per heavy atom. The summed E-state index contributed by atoms with van der Waals surface area (Å²) < 4.78 is 10.8.